The van der Waals surface area contributed by atoms with Gasteiger partial charge in [0.15, 0.2) is 11.5 Å². The van der Waals surface area contributed by atoms with Crippen molar-refractivity contribution in [3.63, 3.8) is 0 Å². The molecule has 0 aliphatic carbocycles. The fraction of sp³-hybridized carbons (Fsp3) is 0.240. The normalized spacial score (nSPS) is 11.0. The van der Waals surface area contributed by atoms with Crippen molar-refractivity contribution in [1.29, 1.82) is 0 Å². The molecule has 0 bridgehead atoms. The maximum absolute atomic E-state index is 12.5. The van der Waals surface area contributed by atoms with E-state index in [4.69, 9.17) is 9.47 Å². The van der Waals surface area contributed by atoms with Crippen molar-refractivity contribution in [1.82, 2.24) is 0 Å². The summed E-state index contributed by atoms with van der Waals surface area (Å²) in [6.45, 7) is 4.05. The average molecular weight is 452 g/mol. The van der Waals surface area contributed by atoms with E-state index < -0.39 is 4.92 Å². The molecule has 32 heavy (non-hydrogen) atoms. The zero-order valence-corrected chi connectivity index (χ0v) is 19.1. The van der Waals surface area contributed by atoms with Gasteiger partial charge >= 0.3 is 5.69 Å². The lowest BCUT2D eigenvalue weighted by molar-refractivity contribution is -0.386. The fourth-order valence-corrected chi connectivity index (χ4v) is 4.23. The van der Waals surface area contributed by atoms with Gasteiger partial charge in [0.05, 0.1) is 16.9 Å². The SMILES string of the molecule is CCCc1ccc(C(=O)/C=C/c2ccc(OC)c(COc3cc(C)ccc3[N+](=O)[O-])c2)s1. The number of hydrogen-bond donors (Lipinski definition) is 0. The Bertz CT molecular complexity index is 1150. The molecule has 3 aromatic rings. The van der Waals surface area contributed by atoms with Crippen LogP contribution in [0.2, 0.25) is 0 Å². The number of carbonyl (C=O) groups excluding carboxylic acids is 1. The number of thiophene rings is 1. The van der Waals surface area contributed by atoms with Crippen molar-refractivity contribution >= 4 is 28.9 Å². The molecule has 0 saturated carbocycles. The van der Waals surface area contributed by atoms with Gasteiger partial charge in [-0.3, -0.25) is 14.9 Å². The van der Waals surface area contributed by atoms with E-state index in [1.54, 1.807) is 37.5 Å². The van der Waals surface area contributed by atoms with E-state index in [0.717, 1.165) is 29.5 Å². The Kier molecular flexibility index (Phi) is 7.78. The summed E-state index contributed by atoms with van der Waals surface area (Å²) >= 11 is 1.52. The molecule has 0 amide bonds. The molecule has 1 heterocycles. The third kappa shape index (κ3) is 5.82. The third-order valence-electron chi connectivity index (χ3n) is 4.83. The fourth-order valence-electron chi connectivity index (χ4n) is 3.20. The number of aryl methyl sites for hydroxylation is 2. The van der Waals surface area contributed by atoms with Crippen LogP contribution in [0.5, 0.6) is 11.5 Å². The summed E-state index contributed by atoms with van der Waals surface area (Å²) < 4.78 is 11.2. The van der Waals surface area contributed by atoms with Crippen LogP contribution in [0.1, 0.15) is 44.6 Å². The van der Waals surface area contributed by atoms with Gasteiger partial charge in [0.1, 0.15) is 12.4 Å². The average Bonchev–Trinajstić information content (AvgIpc) is 3.25. The molecule has 0 aliphatic heterocycles. The lowest BCUT2D eigenvalue weighted by Crippen LogP contribution is -2.02. The Morgan fingerprint density at radius 1 is 1.12 bits per heavy atom. The van der Waals surface area contributed by atoms with E-state index in [9.17, 15) is 14.9 Å². The molecule has 0 atom stereocenters. The lowest BCUT2D eigenvalue weighted by Gasteiger charge is -2.12. The maximum atomic E-state index is 12.5. The smallest absolute Gasteiger partial charge is 0.310 e. The summed E-state index contributed by atoms with van der Waals surface area (Å²) in [5.74, 6) is 0.765. The molecular formula is C25H25NO5S. The van der Waals surface area contributed by atoms with Crippen LogP contribution in [0.25, 0.3) is 6.08 Å². The summed E-state index contributed by atoms with van der Waals surface area (Å²) in [4.78, 5) is 25.2. The zero-order chi connectivity index (χ0) is 23.1. The molecule has 6 nitrogen and oxygen atoms in total. The van der Waals surface area contributed by atoms with Gasteiger partial charge in [0.25, 0.3) is 0 Å². The number of nitro groups is 1. The van der Waals surface area contributed by atoms with Gasteiger partial charge < -0.3 is 9.47 Å². The van der Waals surface area contributed by atoms with Crippen LogP contribution in [0.4, 0.5) is 5.69 Å². The summed E-state index contributed by atoms with van der Waals surface area (Å²) in [7, 11) is 1.55. The monoisotopic (exact) mass is 451 g/mol. The molecule has 3 rings (SSSR count). The first-order chi connectivity index (χ1) is 15.4. The van der Waals surface area contributed by atoms with Gasteiger partial charge in [-0.25, -0.2) is 0 Å². The summed E-state index contributed by atoms with van der Waals surface area (Å²) in [6, 6.07) is 14.1. The number of allylic oxidation sites excluding steroid dienone is 1. The summed E-state index contributed by atoms with van der Waals surface area (Å²) in [6.07, 6.45) is 5.33. The van der Waals surface area contributed by atoms with Crippen molar-refractivity contribution in [3.05, 3.63) is 91.2 Å². The van der Waals surface area contributed by atoms with E-state index in [-0.39, 0.29) is 23.8 Å². The van der Waals surface area contributed by atoms with E-state index in [1.165, 1.54) is 22.3 Å². The summed E-state index contributed by atoms with van der Waals surface area (Å²) in [5, 5.41) is 11.3. The van der Waals surface area contributed by atoms with Crippen molar-refractivity contribution in [2.75, 3.05) is 7.11 Å². The van der Waals surface area contributed by atoms with E-state index in [0.29, 0.717) is 10.6 Å². The minimum atomic E-state index is -0.465. The van der Waals surface area contributed by atoms with Gasteiger partial charge in [-0.15, -0.1) is 11.3 Å². The van der Waals surface area contributed by atoms with Crippen molar-refractivity contribution in [3.8, 4) is 11.5 Å². The maximum Gasteiger partial charge on any atom is 0.310 e. The first kappa shape index (κ1) is 23.2. The van der Waals surface area contributed by atoms with Gasteiger partial charge in [0.2, 0.25) is 0 Å². The van der Waals surface area contributed by atoms with Gasteiger partial charge in [-0.2, -0.15) is 0 Å². The highest BCUT2D eigenvalue weighted by Crippen LogP contribution is 2.30. The number of benzene rings is 2. The van der Waals surface area contributed by atoms with Crippen LogP contribution in [0.3, 0.4) is 0 Å². The minimum absolute atomic E-state index is 0.0404. The molecule has 1 aromatic heterocycles. The number of hydrogen-bond acceptors (Lipinski definition) is 6. The minimum Gasteiger partial charge on any atom is -0.496 e. The van der Waals surface area contributed by atoms with Crippen LogP contribution in [-0.2, 0) is 13.0 Å². The zero-order valence-electron chi connectivity index (χ0n) is 18.3. The van der Waals surface area contributed by atoms with Crippen molar-refractivity contribution in [2.45, 2.75) is 33.3 Å². The van der Waals surface area contributed by atoms with Gasteiger partial charge in [-0.05, 0) is 60.9 Å². The number of nitrogens with zero attached hydrogens (tertiary/aromatic N) is 1. The molecule has 0 spiro atoms. The molecule has 2 aromatic carbocycles. The van der Waals surface area contributed by atoms with Crippen molar-refractivity contribution in [2.24, 2.45) is 0 Å². The first-order valence-electron chi connectivity index (χ1n) is 10.3. The number of nitro benzene ring substituents is 1. The van der Waals surface area contributed by atoms with Crippen LogP contribution in [-0.4, -0.2) is 17.8 Å². The first-order valence-corrected chi connectivity index (χ1v) is 11.1. The molecule has 0 radical (unpaired) electrons. The Balaban J connectivity index is 1.77. The Hall–Kier alpha value is -3.45. The van der Waals surface area contributed by atoms with Gasteiger partial charge in [0, 0.05) is 16.5 Å². The Morgan fingerprint density at radius 3 is 2.66 bits per heavy atom. The molecule has 0 saturated heterocycles. The molecule has 0 fully saturated rings. The standard InChI is InChI=1S/C25H25NO5S/c1-4-5-20-9-13-25(32-20)22(27)11-7-18-8-12-23(30-3)19(15-18)16-31-24-14-17(2)6-10-21(24)26(28)29/h6-15H,4-5,16H2,1-3H3/b11-7+. The number of ether oxygens (including phenoxy) is 2. The second kappa shape index (κ2) is 10.7. The number of ketones is 1. The number of methoxy groups -OCH3 is 1. The molecule has 7 heteroatoms. The van der Waals surface area contributed by atoms with Crippen molar-refractivity contribution < 1.29 is 19.2 Å². The van der Waals surface area contributed by atoms with E-state index >= 15 is 0 Å². The van der Waals surface area contributed by atoms with Crippen LogP contribution < -0.4 is 9.47 Å². The Morgan fingerprint density at radius 2 is 1.94 bits per heavy atom. The molecular weight excluding hydrogens is 426 g/mol. The highest BCUT2D eigenvalue weighted by atomic mass is 32.1. The van der Waals surface area contributed by atoms with Gasteiger partial charge in [-0.1, -0.05) is 31.6 Å². The van der Waals surface area contributed by atoms with Crippen LogP contribution in [0.15, 0.2) is 54.6 Å². The molecule has 166 valence electrons. The predicted molar refractivity (Wildman–Crippen MR) is 127 cm³/mol. The topological polar surface area (TPSA) is 78.7 Å². The number of rotatable bonds is 10. The molecule has 0 unspecified atom stereocenters. The second-order valence-electron chi connectivity index (χ2n) is 7.30. The van der Waals surface area contributed by atoms with E-state index in [1.807, 2.05) is 31.2 Å². The van der Waals surface area contributed by atoms with Crippen LogP contribution in [0, 0.1) is 17.0 Å². The third-order valence-corrected chi connectivity index (χ3v) is 5.99. The highest BCUT2D eigenvalue weighted by molar-refractivity contribution is 7.14. The van der Waals surface area contributed by atoms with Crippen LogP contribution >= 0.6 is 11.3 Å². The second-order valence-corrected chi connectivity index (χ2v) is 8.47. The quantitative estimate of drug-likeness (QED) is 0.154. The number of carbonyl (C=O) groups is 1. The predicted octanol–water partition coefficient (Wildman–Crippen LogP) is 6.40. The van der Waals surface area contributed by atoms with E-state index in [2.05, 4.69) is 6.92 Å². The molecule has 0 N–H and O–H groups in total. The Labute approximate surface area is 191 Å². The molecule has 0 aliphatic rings. The highest BCUT2D eigenvalue weighted by Gasteiger charge is 2.16. The lowest BCUT2D eigenvalue weighted by atomic mass is 10.1. The summed E-state index contributed by atoms with van der Waals surface area (Å²) in [5.41, 5.74) is 2.30. The largest absolute Gasteiger partial charge is 0.496 e.